The Balaban J connectivity index is 2.46. The highest BCUT2D eigenvalue weighted by Crippen LogP contribution is 2.33. The van der Waals surface area contributed by atoms with Crippen molar-refractivity contribution in [3.8, 4) is 0 Å². The maximum atomic E-state index is 2.87. The van der Waals surface area contributed by atoms with Crippen LogP contribution in [-0.2, 0) is 0 Å². The van der Waals surface area contributed by atoms with E-state index in [2.05, 4.69) is 67.0 Å². The van der Waals surface area contributed by atoms with Gasteiger partial charge in [-0.2, -0.15) is 0 Å². The zero-order valence-electron chi connectivity index (χ0n) is 9.77. The third-order valence-electron chi connectivity index (χ3n) is 3.72. The van der Waals surface area contributed by atoms with Crippen molar-refractivity contribution in [2.45, 2.75) is 0 Å². The first kappa shape index (κ1) is 10.7. The van der Waals surface area contributed by atoms with Crippen molar-refractivity contribution in [1.82, 2.24) is 0 Å². The Labute approximate surface area is 110 Å². The van der Waals surface area contributed by atoms with Gasteiger partial charge in [-0.15, -0.1) is 18.5 Å². The summed E-state index contributed by atoms with van der Waals surface area (Å²) in [5.41, 5.74) is 0. The quantitative estimate of drug-likeness (QED) is 0.337. The Morgan fingerprint density at radius 1 is 0.667 bits per heavy atom. The molecule has 2 unspecified atom stereocenters. The predicted octanol–water partition coefficient (Wildman–Crippen LogP) is 3.58. The van der Waals surface area contributed by atoms with Crippen LogP contribution in [0.15, 0.2) is 48.5 Å². The molecule has 0 aliphatic heterocycles. The monoisotopic (exact) mass is 266 g/mol. The molecule has 0 saturated heterocycles. The van der Waals surface area contributed by atoms with Crippen molar-refractivity contribution in [3.05, 3.63) is 48.5 Å². The summed E-state index contributed by atoms with van der Waals surface area (Å²) >= 11 is 0. The van der Waals surface area contributed by atoms with Gasteiger partial charge in [0.05, 0.1) is 0 Å². The molecule has 0 saturated carbocycles. The van der Waals surface area contributed by atoms with E-state index in [0.29, 0.717) is 0 Å². The summed E-state index contributed by atoms with van der Waals surface area (Å²) in [4.78, 5) is 0. The minimum absolute atomic E-state index is 1.26. The van der Waals surface area contributed by atoms with Crippen molar-refractivity contribution in [2.24, 2.45) is 0 Å². The summed E-state index contributed by atoms with van der Waals surface area (Å²) < 4.78 is 0. The van der Waals surface area contributed by atoms with Gasteiger partial charge in [-0.05, 0) is 49.0 Å². The normalized spacial score (nSPS) is 11.9. The van der Waals surface area contributed by atoms with Crippen LogP contribution in [0.3, 0.4) is 0 Å². The van der Waals surface area contributed by atoms with Crippen molar-refractivity contribution in [1.29, 1.82) is 0 Å². The first-order chi connectivity index (χ1) is 8.75. The highest BCUT2D eigenvalue weighted by atomic mass is 31.0. The lowest BCUT2D eigenvalue weighted by molar-refractivity contribution is 1.81. The van der Waals surface area contributed by atoms with E-state index in [1.54, 1.807) is 0 Å². The van der Waals surface area contributed by atoms with Crippen molar-refractivity contribution in [2.75, 3.05) is 0 Å². The fourth-order valence-corrected chi connectivity index (χ4v) is 3.51. The van der Waals surface area contributed by atoms with Crippen LogP contribution in [0.4, 0.5) is 0 Å². The maximum Gasteiger partial charge on any atom is -0.00201 e. The first-order valence-electron chi connectivity index (χ1n) is 5.97. The molecule has 18 heavy (non-hydrogen) atoms. The average Bonchev–Trinajstić information content (AvgIpc) is 2.40. The second-order valence-electron chi connectivity index (χ2n) is 4.74. The van der Waals surface area contributed by atoms with Gasteiger partial charge in [-0.3, -0.25) is 0 Å². The molecule has 0 nitrogen and oxygen atoms in total. The molecule has 0 amide bonds. The molecule has 86 valence electrons. The van der Waals surface area contributed by atoms with Gasteiger partial charge in [0.2, 0.25) is 0 Å². The molecule has 4 aromatic rings. The van der Waals surface area contributed by atoms with Gasteiger partial charge in [-0.1, -0.05) is 42.5 Å². The predicted molar refractivity (Wildman–Crippen MR) is 88.8 cm³/mol. The Morgan fingerprint density at radius 3 is 2.11 bits per heavy atom. The van der Waals surface area contributed by atoms with Crippen molar-refractivity contribution in [3.63, 3.8) is 0 Å². The number of rotatable bonds is 0. The van der Waals surface area contributed by atoms with Gasteiger partial charge >= 0.3 is 0 Å². The Kier molecular flexibility index (Phi) is 2.16. The lowest BCUT2D eigenvalue weighted by Gasteiger charge is -2.13. The molecule has 2 heteroatoms. The molecule has 2 atom stereocenters. The summed E-state index contributed by atoms with van der Waals surface area (Å²) in [5, 5.41) is 10.6. The minimum atomic E-state index is 1.26. The van der Waals surface area contributed by atoms with E-state index < -0.39 is 0 Å². The van der Waals surface area contributed by atoms with Gasteiger partial charge in [-0.25, -0.2) is 0 Å². The van der Waals surface area contributed by atoms with Crippen LogP contribution in [0.1, 0.15) is 0 Å². The van der Waals surface area contributed by atoms with Crippen LogP contribution in [-0.4, -0.2) is 0 Å². The molecule has 0 spiro atoms. The van der Waals surface area contributed by atoms with E-state index in [9.17, 15) is 0 Å². The minimum Gasteiger partial charge on any atom is -0.105 e. The van der Waals surface area contributed by atoms with E-state index in [4.69, 9.17) is 0 Å². The molecular weight excluding hydrogens is 254 g/mol. The topological polar surface area (TPSA) is 0 Å². The van der Waals surface area contributed by atoms with E-state index in [1.807, 2.05) is 0 Å². The molecule has 0 heterocycles. The van der Waals surface area contributed by atoms with Gasteiger partial charge in [0.15, 0.2) is 0 Å². The molecule has 0 bridgehead atoms. The fraction of sp³-hybridized carbons (Fsp3) is 0. The summed E-state index contributed by atoms with van der Waals surface area (Å²) in [6, 6.07) is 17.7. The Bertz CT molecular complexity index is 878. The van der Waals surface area contributed by atoms with E-state index >= 15 is 0 Å². The van der Waals surface area contributed by atoms with Gasteiger partial charge < -0.3 is 0 Å². The lowest BCUT2D eigenvalue weighted by Crippen LogP contribution is -2.12. The Hall–Kier alpha value is -1.22. The fourth-order valence-electron chi connectivity index (χ4n) is 2.85. The SMILES string of the molecule is Pc1cc2ccc3cccc4ccc(c1P)c2c34. The molecule has 0 aliphatic rings. The standard InChI is InChI=1S/C16H12P2/c17-13-8-11-5-4-9-2-1-3-10-6-7-12(16(13)18)15(11)14(9)10/h1-8H,17-18H2. The number of hydrogen-bond donors (Lipinski definition) is 0. The molecular formula is C16H12P2. The summed E-state index contributed by atoms with van der Waals surface area (Å²) in [6.07, 6.45) is 0. The van der Waals surface area contributed by atoms with Gasteiger partial charge in [0, 0.05) is 0 Å². The zero-order valence-corrected chi connectivity index (χ0v) is 12.1. The van der Waals surface area contributed by atoms with Crippen molar-refractivity contribution >= 4 is 61.4 Å². The van der Waals surface area contributed by atoms with Crippen LogP contribution >= 0.6 is 18.5 Å². The highest BCUT2D eigenvalue weighted by Gasteiger charge is 2.10. The average molecular weight is 266 g/mol. The van der Waals surface area contributed by atoms with E-state index in [0.717, 1.165) is 0 Å². The Morgan fingerprint density at radius 2 is 1.33 bits per heavy atom. The van der Waals surface area contributed by atoms with Crippen LogP contribution < -0.4 is 10.6 Å². The third kappa shape index (κ3) is 1.28. The molecule has 4 aromatic carbocycles. The molecule has 4 rings (SSSR count). The van der Waals surface area contributed by atoms with Crippen LogP contribution in [0.25, 0.3) is 32.3 Å². The van der Waals surface area contributed by atoms with Gasteiger partial charge in [0.25, 0.3) is 0 Å². The molecule has 0 fully saturated rings. The van der Waals surface area contributed by atoms with E-state index in [1.165, 1.54) is 42.9 Å². The van der Waals surface area contributed by atoms with Crippen LogP contribution in [0.2, 0.25) is 0 Å². The molecule has 0 radical (unpaired) electrons. The second-order valence-corrected chi connectivity index (χ2v) is 5.93. The number of benzene rings is 4. The summed E-state index contributed by atoms with van der Waals surface area (Å²) in [5.74, 6) is 0. The molecule has 0 aliphatic carbocycles. The lowest BCUT2D eigenvalue weighted by atomic mass is 9.94. The largest absolute Gasteiger partial charge is 0.105 e. The zero-order chi connectivity index (χ0) is 12.3. The highest BCUT2D eigenvalue weighted by molar-refractivity contribution is 7.36. The first-order valence-corrected chi connectivity index (χ1v) is 7.12. The summed E-state index contributed by atoms with van der Waals surface area (Å²) in [6.45, 7) is 0. The molecule has 0 aromatic heterocycles. The van der Waals surface area contributed by atoms with E-state index in [-0.39, 0.29) is 0 Å². The van der Waals surface area contributed by atoms with Gasteiger partial charge in [0.1, 0.15) is 0 Å². The third-order valence-corrected chi connectivity index (χ3v) is 5.18. The van der Waals surface area contributed by atoms with Crippen molar-refractivity contribution < 1.29 is 0 Å². The number of hydrogen-bond acceptors (Lipinski definition) is 0. The van der Waals surface area contributed by atoms with Crippen LogP contribution in [0.5, 0.6) is 0 Å². The summed E-state index contributed by atoms with van der Waals surface area (Å²) in [7, 11) is 5.70. The van der Waals surface area contributed by atoms with Crippen LogP contribution in [0, 0.1) is 0 Å². The second kappa shape index (κ2) is 3.64. The molecule has 0 N–H and O–H groups in total. The maximum absolute atomic E-state index is 2.87. The smallest absolute Gasteiger partial charge is 0.00201 e.